The number of aromatic amines is 1. The molecule has 0 unspecified atom stereocenters. The van der Waals surface area contributed by atoms with Crippen molar-refractivity contribution in [3.05, 3.63) is 74.8 Å². The highest BCUT2D eigenvalue weighted by Crippen LogP contribution is 2.11. The van der Waals surface area contributed by atoms with Crippen LogP contribution in [-0.2, 0) is 16.1 Å². The first-order valence-corrected chi connectivity index (χ1v) is 8.11. The van der Waals surface area contributed by atoms with E-state index in [1.54, 1.807) is 24.3 Å². The average Bonchev–Trinajstić information content (AvgIpc) is 2.64. The molecule has 0 amide bonds. The van der Waals surface area contributed by atoms with Crippen LogP contribution in [0.15, 0.2) is 58.1 Å². The zero-order valence-corrected chi connectivity index (χ0v) is 14.2. The summed E-state index contributed by atoms with van der Waals surface area (Å²) in [6, 6.07) is 13.9. The number of aromatic nitrogens is 2. The maximum absolute atomic E-state index is 12.3. The number of benzene rings is 2. The lowest BCUT2D eigenvalue weighted by Crippen LogP contribution is -2.33. The van der Waals surface area contributed by atoms with Gasteiger partial charge in [-0.3, -0.25) is 19.5 Å². The van der Waals surface area contributed by atoms with Crippen LogP contribution in [0.2, 0.25) is 0 Å². The molecule has 0 bridgehead atoms. The van der Waals surface area contributed by atoms with Gasteiger partial charge in [0, 0.05) is 0 Å². The fourth-order valence-corrected chi connectivity index (χ4v) is 2.48. The van der Waals surface area contributed by atoms with E-state index in [1.165, 1.54) is 0 Å². The first kappa shape index (κ1) is 17.5. The van der Waals surface area contributed by atoms with E-state index in [4.69, 9.17) is 9.47 Å². The van der Waals surface area contributed by atoms with Crippen LogP contribution in [0.5, 0.6) is 5.75 Å². The fraction of sp³-hybridized carbons (Fsp3) is 0.211. The fourth-order valence-electron chi connectivity index (χ4n) is 2.48. The van der Waals surface area contributed by atoms with Crippen molar-refractivity contribution < 1.29 is 14.3 Å². The van der Waals surface area contributed by atoms with Crippen molar-refractivity contribution in [2.45, 2.75) is 13.5 Å². The van der Waals surface area contributed by atoms with E-state index in [-0.39, 0.29) is 30.5 Å². The molecule has 2 aromatic carbocycles. The van der Waals surface area contributed by atoms with Crippen LogP contribution < -0.4 is 15.9 Å². The summed E-state index contributed by atoms with van der Waals surface area (Å²) in [4.78, 5) is 36.2. The molecule has 0 atom stereocenters. The van der Waals surface area contributed by atoms with Crippen LogP contribution in [0.1, 0.15) is 5.56 Å². The molecule has 0 aliphatic carbocycles. The maximum atomic E-state index is 12.3. The Morgan fingerprint density at radius 3 is 2.42 bits per heavy atom. The van der Waals surface area contributed by atoms with E-state index in [0.29, 0.717) is 5.75 Å². The van der Waals surface area contributed by atoms with E-state index in [2.05, 4.69) is 5.10 Å². The normalized spacial score (nSPS) is 10.7. The van der Waals surface area contributed by atoms with Gasteiger partial charge in [-0.1, -0.05) is 29.8 Å². The summed E-state index contributed by atoms with van der Waals surface area (Å²) in [5.41, 5.74) is 0.238. The van der Waals surface area contributed by atoms with E-state index in [1.807, 2.05) is 31.2 Å². The molecule has 0 fully saturated rings. The van der Waals surface area contributed by atoms with Crippen LogP contribution >= 0.6 is 0 Å². The first-order chi connectivity index (χ1) is 12.5. The van der Waals surface area contributed by atoms with Crippen LogP contribution in [0, 0.1) is 6.92 Å². The molecule has 0 spiro atoms. The van der Waals surface area contributed by atoms with Gasteiger partial charge in [0.25, 0.3) is 11.1 Å². The van der Waals surface area contributed by atoms with Gasteiger partial charge in [-0.15, -0.1) is 0 Å². The summed E-state index contributed by atoms with van der Waals surface area (Å²) < 4.78 is 11.5. The molecule has 1 aromatic heterocycles. The average molecular weight is 354 g/mol. The number of aryl methyl sites for hydroxylation is 1. The van der Waals surface area contributed by atoms with Gasteiger partial charge < -0.3 is 9.47 Å². The number of hydrogen-bond acceptors (Lipinski definition) is 5. The third kappa shape index (κ3) is 4.00. The number of nitrogens with one attached hydrogen (secondary N) is 1. The molecule has 0 aliphatic rings. The highest BCUT2D eigenvalue weighted by molar-refractivity contribution is 5.80. The third-order valence-electron chi connectivity index (χ3n) is 3.81. The Labute approximate surface area is 148 Å². The van der Waals surface area contributed by atoms with Gasteiger partial charge in [-0.25, -0.2) is 4.68 Å². The Kier molecular flexibility index (Phi) is 5.17. The lowest BCUT2D eigenvalue weighted by atomic mass is 10.2. The molecule has 7 heteroatoms. The number of esters is 1. The SMILES string of the molecule is Cc1ccc(OCCOC(=O)Cn2[nH]c(=O)c3ccccc3c2=O)cc1. The number of carbonyl (C=O) groups is 1. The summed E-state index contributed by atoms with van der Waals surface area (Å²) in [5, 5.41) is 2.93. The second-order valence-electron chi connectivity index (χ2n) is 5.76. The molecule has 3 rings (SSSR count). The summed E-state index contributed by atoms with van der Waals surface area (Å²) in [5.74, 6) is 0.0484. The number of carbonyl (C=O) groups excluding carboxylic acids is 1. The largest absolute Gasteiger partial charge is 0.490 e. The number of rotatable bonds is 6. The Hall–Kier alpha value is -3.35. The topological polar surface area (TPSA) is 90.4 Å². The molecule has 1 heterocycles. The zero-order valence-electron chi connectivity index (χ0n) is 14.2. The van der Waals surface area contributed by atoms with Gasteiger partial charge >= 0.3 is 5.97 Å². The molecule has 0 saturated heterocycles. The Morgan fingerprint density at radius 1 is 1.00 bits per heavy atom. The third-order valence-corrected chi connectivity index (χ3v) is 3.81. The van der Waals surface area contributed by atoms with Crippen LogP contribution in [-0.4, -0.2) is 29.0 Å². The second-order valence-corrected chi connectivity index (χ2v) is 5.76. The van der Waals surface area contributed by atoms with Crippen LogP contribution in [0.25, 0.3) is 10.8 Å². The molecule has 7 nitrogen and oxygen atoms in total. The van der Waals surface area contributed by atoms with Crippen molar-refractivity contribution in [2.24, 2.45) is 0 Å². The van der Waals surface area contributed by atoms with Gasteiger partial charge in [-0.2, -0.15) is 0 Å². The van der Waals surface area contributed by atoms with E-state index >= 15 is 0 Å². The highest BCUT2D eigenvalue weighted by Gasteiger charge is 2.11. The molecule has 0 saturated carbocycles. The highest BCUT2D eigenvalue weighted by atomic mass is 16.6. The number of hydrogen-bond donors (Lipinski definition) is 1. The van der Waals surface area contributed by atoms with Crippen molar-refractivity contribution >= 4 is 16.7 Å². The number of nitrogens with zero attached hydrogens (tertiary/aromatic N) is 1. The lowest BCUT2D eigenvalue weighted by Gasteiger charge is -2.09. The lowest BCUT2D eigenvalue weighted by molar-refractivity contribution is -0.145. The Bertz CT molecular complexity index is 1030. The summed E-state index contributed by atoms with van der Waals surface area (Å²) in [7, 11) is 0. The van der Waals surface area contributed by atoms with Gasteiger partial charge in [0.1, 0.15) is 25.5 Å². The van der Waals surface area contributed by atoms with Gasteiger partial charge in [0.2, 0.25) is 0 Å². The van der Waals surface area contributed by atoms with Crippen molar-refractivity contribution in [2.75, 3.05) is 13.2 Å². The number of ether oxygens (including phenoxy) is 2. The summed E-state index contributed by atoms with van der Waals surface area (Å²) in [6.07, 6.45) is 0. The van der Waals surface area contributed by atoms with Crippen LogP contribution in [0.4, 0.5) is 0 Å². The number of fused-ring (bicyclic) bond motifs is 1. The molecule has 1 N–H and O–H groups in total. The van der Waals surface area contributed by atoms with E-state index in [9.17, 15) is 14.4 Å². The van der Waals surface area contributed by atoms with Crippen molar-refractivity contribution in [1.82, 2.24) is 9.78 Å². The predicted octanol–water partition coefficient (Wildman–Crippen LogP) is 1.62. The smallest absolute Gasteiger partial charge is 0.327 e. The molecule has 0 aliphatic heterocycles. The molecular weight excluding hydrogens is 336 g/mol. The van der Waals surface area contributed by atoms with Crippen molar-refractivity contribution in [1.29, 1.82) is 0 Å². The quantitative estimate of drug-likeness (QED) is 0.537. The van der Waals surface area contributed by atoms with Gasteiger partial charge in [0.15, 0.2) is 0 Å². The maximum Gasteiger partial charge on any atom is 0.327 e. The second kappa shape index (κ2) is 7.69. The monoisotopic (exact) mass is 354 g/mol. The van der Waals surface area contributed by atoms with E-state index in [0.717, 1.165) is 10.2 Å². The molecule has 134 valence electrons. The van der Waals surface area contributed by atoms with Gasteiger partial charge in [-0.05, 0) is 31.2 Å². The summed E-state index contributed by atoms with van der Waals surface area (Å²) >= 11 is 0. The van der Waals surface area contributed by atoms with Crippen molar-refractivity contribution in [3.8, 4) is 5.75 Å². The number of H-pyrrole nitrogens is 1. The first-order valence-electron chi connectivity index (χ1n) is 8.11. The summed E-state index contributed by atoms with van der Waals surface area (Å²) in [6.45, 7) is 1.84. The minimum absolute atomic E-state index is 0.0409. The van der Waals surface area contributed by atoms with Crippen LogP contribution in [0.3, 0.4) is 0 Å². The standard InChI is InChI=1S/C19H18N2O5/c1-13-6-8-14(9-7-13)25-10-11-26-17(22)12-21-19(24)16-5-3-2-4-15(16)18(23)20-21/h2-9H,10-12H2,1H3,(H,20,23). The van der Waals surface area contributed by atoms with Crippen molar-refractivity contribution in [3.63, 3.8) is 0 Å². The molecular formula is C19H18N2O5. The molecule has 26 heavy (non-hydrogen) atoms. The zero-order chi connectivity index (χ0) is 18.5. The predicted molar refractivity (Wildman–Crippen MR) is 96.5 cm³/mol. The Morgan fingerprint density at radius 2 is 1.69 bits per heavy atom. The van der Waals surface area contributed by atoms with E-state index < -0.39 is 17.1 Å². The minimum Gasteiger partial charge on any atom is -0.490 e. The van der Waals surface area contributed by atoms with Gasteiger partial charge in [0.05, 0.1) is 10.8 Å². The minimum atomic E-state index is -0.634. The molecule has 3 aromatic rings. The Balaban J connectivity index is 1.57. The molecule has 0 radical (unpaired) electrons.